The van der Waals surface area contributed by atoms with Crippen LogP contribution < -0.4 is 11.3 Å². The summed E-state index contributed by atoms with van der Waals surface area (Å²) < 4.78 is 17.1. The van der Waals surface area contributed by atoms with E-state index in [1.165, 1.54) is 34.8 Å². The molecular weight excluding hydrogens is 533 g/mol. The van der Waals surface area contributed by atoms with Gasteiger partial charge in [0.25, 0.3) is 11.5 Å². The number of carbonyl (C=O) groups excluding carboxylic acids is 1. The first-order chi connectivity index (χ1) is 18.7. The number of hydrogen-bond donors (Lipinski definition) is 1. The molecule has 1 amide bonds. The van der Waals surface area contributed by atoms with E-state index in [4.69, 9.17) is 10.7 Å². The molecule has 39 heavy (non-hydrogen) atoms. The summed E-state index contributed by atoms with van der Waals surface area (Å²) >= 11 is 2.81. The van der Waals surface area contributed by atoms with Gasteiger partial charge in [-0.3, -0.25) is 14.2 Å². The van der Waals surface area contributed by atoms with E-state index in [0.29, 0.717) is 27.0 Å². The Kier molecular flexibility index (Phi) is 7.61. The van der Waals surface area contributed by atoms with E-state index >= 15 is 0 Å². The van der Waals surface area contributed by atoms with Crippen molar-refractivity contribution in [2.45, 2.75) is 40.3 Å². The molecule has 0 spiro atoms. The summed E-state index contributed by atoms with van der Waals surface area (Å²) in [6, 6.07) is 11.3. The third-order valence-corrected chi connectivity index (χ3v) is 8.68. The number of nitrogens with two attached hydrogens (primary N) is 1. The number of rotatable bonds is 8. The van der Waals surface area contributed by atoms with E-state index in [0.717, 1.165) is 21.0 Å². The highest BCUT2D eigenvalue weighted by molar-refractivity contribution is 7.25. The summed E-state index contributed by atoms with van der Waals surface area (Å²) in [6.45, 7) is 8.60. The highest BCUT2D eigenvalue weighted by Crippen LogP contribution is 2.35. The van der Waals surface area contributed by atoms with Gasteiger partial charge in [0, 0.05) is 34.1 Å². The van der Waals surface area contributed by atoms with Crippen molar-refractivity contribution in [1.82, 2.24) is 19.4 Å². The van der Waals surface area contributed by atoms with Gasteiger partial charge in [-0.05, 0) is 50.1 Å². The van der Waals surface area contributed by atoms with Gasteiger partial charge in [-0.15, -0.1) is 22.7 Å². The molecule has 5 aromatic rings. The fraction of sp³-hybridized carbons (Fsp3) is 0.310. The second kappa shape index (κ2) is 11.0. The number of fused-ring (bicyclic) bond motifs is 3. The van der Waals surface area contributed by atoms with Crippen LogP contribution in [0.5, 0.6) is 0 Å². The summed E-state index contributed by atoms with van der Waals surface area (Å²) in [6.07, 6.45) is 0. The van der Waals surface area contributed by atoms with Gasteiger partial charge in [0.05, 0.1) is 28.8 Å². The van der Waals surface area contributed by atoms with E-state index in [1.54, 1.807) is 27.7 Å². The molecule has 0 radical (unpaired) electrons. The van der Waals surface area contributed by atoms with E-state index in [-0.39, 0.29) is 37.0 Å². The number of nitrogens with zero attached hydrogens (tertiary/aromatic N) is 4. The molecule has 1 unspecified atom stereocenters. The normalized spacial score (nSPS) is 12.5. The molecule has 0 bridgehead atoms. The van der Waals surface area contributed by atoms with Crippen LogP contribution in [0.3, 0.4) is 0 Å². The first-order valence-corrected chi connectivity index (χ1v) is 14.5. The molecule has 0 aliphatic carbocycles. The second-order valence-electron chi connectivity index (χ2n) is 9.98. The number of aryl methyl sites for hydroxylation is 2. The van der Waals surface area contributed by atoms with Crippen LogP contribution in [0, 0.1) is 25.6 Å². The van der Waals surface area contributed by atoms with Crippen molar-refractivity contribution >= 4 is 48.9 Å². The fourth-order valence-electron chi connectivity index (χ4n) is 4.90. The molecule has 3 heterocycles. The number of amides is 1. The Balaban J connectivity index is 1.76. The van der Waals surface area contributed by atoms with Crippen molar-refractivity contribution in [1.29, 1.82) is 0 Å². The minimum Gasteiger partial charge on any atom is -0.329 e. The average molecular weight is 564 g/mol. The molecular formula is C29H30FN5O2S2. The summed E-state index contributed by atoms with van der Waals surface area (Å²) in [4.78, 5) is 39.3. The Labute approximate surface area is 233 Å². The molecule has 2 aromatic carbocycles. The number of carbonyl (C=O) groups is 1. The van der Waals surface area contributed by atoms with Gasteiger partial charge in [-0.2, -0.15) is 0 Å². The van der Waals surface area contributed by atoms with Crippen LogP contribution >= 0.6 is 22.7 Å². The van der Waals surface area contributed by atoms with Crippen LogP contribution in [0.4, 0.5) is 4.39 Å². The molecule has 202 valence electrons. The van der Waals surface area contributed by atoms with Crippen LogP contribution in [-0.2, 0) is 6.54 Å². The standard InChI is InChI=1S/C29H30FN5O2S2/c1-16(2)25(34(12-11-31)28(36)19-7-5-17(3)6-8-19)27-33-24-22-13-20(30)9-10-23(22)39-26(24)29(37)35(27)14-21-15-38-18(4)32-21/h5-10,13,15-16,25H,11-12,14,31H2,1-4H3. The molecule has 0 saturated carbocycles. The maximum atomic E-state index is 14.3. The maximum Gasteiger partial charge on any atom is 0.271 e. The van der Waals surface area contributed by atoms with Gasteiger partial charge in [0.15, 0.2) is 0 Å². The Bertz CT molecular complexity index is 1720. The van der Waals surface area contributed by atoms with Crippen molar-refractivity contribution in [3.8, 4) is 0 Å². The average Bonchev–Trinajstić information content (AvgIpc) is 3.48. The fourth-order valence-corrected chi connectivity index (χ4v) is 6.58. The van der Waals surface area contributed by atoms with Gasteiger partial charge in [-0.25, -0.2) is 14.4 Å². The lowest BCUT2D eigenvalue weighted by Crippen LogP contribution is -2.43. The Hall–Kier alpha value is -3.47. The van der Waals surface area contributed by atoms with Gasteiger partial charge in [0.2, 0.25) is 0 Å². The topological polar surface area (TPSA) is 94.1 Å². The predicted octanol–water partition coefficient (Wildman–Crippen LogP) is 5.67. The number of hydrogen-bond acceptors (Lipinski definition) is 7. The van der Waals surface area contributed by atoms with Crippen LogP contribution in [0.25, 0.3) is 20.3 Å². The Morgan fingerprint density at radius 1 is 1.13 bits per heavy atom. The van der Waals surface area contributed by atoms with Gasteiger partial charge < -0.3 is 10.6 Å². The van der Waals surface area contributed by atoms with E-state index in [9.17, 15) is 14.0 Å². The molecule has 1 atom stereocenters. The number of aromatic nitrogens is 3. The highest BCUT2D eigenvalue weighted by atomic mass is 32.1. The van der Waals surface area contributed by atoms with Crippen molar-refractivity contribution < 1.29 is 9.18 Å². The van der Waals surface area contributed by atoms with E-state index in [2.05, 4.69) is 4.98 Å². The van der Waals surface area contributed by atoms with E-state index < -0.39 is 11.9 Å². The number of halogens is 1. The molecule has 10 heteroatoms. The molecule has 2 N–H and O–H groups in total. The van der Waals surface area contributed by atoms with Crippen LogP contribution in [0.1, 0.15) is 52.3 Å². The summed E-state index contributed by atoms with van der Waals surface area (Å²) in [5.41, 5.74) is 8.55. The lowest BCUT2D eigenvalue weighted by Gasteiger charge is -2.35. The molecule has 5 rings (SSSR count). The summed E-state index contributed by atoms with van der Waals surface area (Å²) in [5, 5.41) is 3.41. The Morgan fingerprint density at radius 3 is 2.51 bits per heavy atom. The second-order valence-corrected chi connectivity index (χ2v) is 12.1. The zero-order chi connectivity index (χ0) is 27.8. The summed E-state index contributed by atoms with van der Waals surface area (Å²) in [5.74, 6) is -0.260. The predicted molar refractivity (Wildman–Crippen MR) is 156 cm³/mol. The summed E-state index contributed by atoms with van der Waals surface area (Å²) in [7, 11) is 0. The lowest BCUT2D eigenvalue weighted by atomic mass is 9.99. The maximum absolute atomic E-state index is 14.3. The zero-order valence-corrected chi connectivity index (χ0v) is 23.9. The Morgan fingerprint density at radius 2 is 1.87 bits per heavy atom. The minimum atomic E-state index is -0.567. The monoisotopic (exact) mass is 563 g/mol. The largest absolute Gasteiger partial charge is 0.329 e. The molecule has 7 nitrogen and oxygen atoms in total. The van der Waals surface area contributed by atoms with Crippen molar-refractivity contribution in [3.63, 3.8) is 0 Å². The molecule has 0 saturated heterocycles. The van der Waals surface area contributed by atoms with Gasteiger partial charge >= 0.3 is 0 Å². The molecule has 0 aliphatic rings. The smallest absolute Gasteiger partial charge is 0.271 e. The quantitative estimate of drug-likeness (QED) is 0.263. The zero-order valence-electron chi connectivity index (χ0n) is 22.3. The highest BCUT2D eigenvalue weighted by Gasteiger charge is 2.33. The van der Waals surface area contributed by atoms with Crippen LogP contribution in [0.2, 0.25) is 0 Å². The third kappa shape index (κ3) is 5.24. The number of benzene rings is 2. The first kappa shape index (κ1) is 27.1. The molecule has 3 aromatic heterocycles. The van der Waals surface area contributed by atoms with Gasteiger partial charge in [0.1, 0.15) is 16.3 Å². The van der Waals surface area contributed by atoms with Crippen molar-refractivity contribution in [2.24, 2.45) is 11.7 Å². The van der Waals surface area contributed by atoms with E-state index in [1.807, 2.05) is 45.2 Å². The van der Waals surface area contributed by atoms with Crippen molar-refractivity contribution in [2.75, 3.05) is 13.1 Å². The van der Waals surface area contributed by atoms with Crippen LogP contribution in [-0.4, -0.2) is 38.4 Å². The number of thiazole rings is 1. The molecule has 0 fully saturated rings. The number of thiophene rings is 1. The minimum absolute atomic E-state index is 0.111. The van der Waals surface area contributed by atoms with Crippen molar-refractivity contribution in [3.05, 3.63) is 91.7 Å². The van der Waals surface area contributed by atoms with Crippen LogP contribution in [0.15, 0.2) is 52.6 Å². The SMILES string of the molecule is Cc1ccc(C(=O)N(CCN)C(c2nc3c(sc4ccc(F)cc43)c(=O)n2Cc2csc(C)n2)C(C)C)cc1. The van der Waals surface area contributed by atoms with Gasteiger partial charge in [-0.1, -0.05) is 31.5 Å². The lowest BCUT2D eigenvalue weighted by molar-refractivity contribution is 0.0612. The molecule has 0 aliphatic heterocycles. The first-order valence-electron chi connectivity index (χ1n) is 12.8. The third-order valence-electron chi connectivity index (χ3n) is 6.71.